The summed E-state index contributed by atoms with van der Waals surface area (Å²) in [5, 5.41) is 3.39. The molecule has 3 heteroatoms. The average molecular weight is 261 g/mol. The molecule has 1 N–H and O–H groups in total. The van der Waals surface area contributed by atoms with Crippen molar-refractivity contribution in [2.45, 2.75) is 54.1 Å². The van der Waals surface area contributed by atoms with Crippen LogP contribution in [0.5, 0.6) is 0 Å². The number of hydrogen-bond donors (Lipinski definition) is 1. The molecule has 0 spiro atoms. The first-order valence-electron chi connectivity index (χ1n) is 5.97. The van der Waals surface area contributed by atoms with Crippen LogP contribution in [0.25, 0.3) is 0 Å². The van der Waals surface area contributed by atoms with Gasteiger partial charge in [-0.25, -0.2) is 0 Å². The highest BCUT2D eigenvalue weighted by atomic mass is 32.2. The van der Waals surface area contributed by atoms with Gasteiger partial charge < -0.3 is 5.32 Å². The minimum atomic E-state index is -0.0169. The van der Waals surface area contributed by atoms with E-state index < -0.39 is 0 Å². The van der Waals surface area contributed by atoms with Crippen molar-refractivity contribution in [2.75, 3.05) is 12.0 Å². The second-order valence-electron chi connectivity index (χ2n) is 5.28. The van der Waals surface area contributed by atoms with Crippen molar-refractivity contribution >= 4 is 22.1 Å². The molecule has 0 fully saturated rings. The van der Waals surface area contributed by atoms with Gasteiger partial charge in [-0.2, -0.15) is 10.5 Å². The zero-order valence-corrected chi connectivity index (χ0v) is 12.4. The Balaban J connectivity index is 0. The van der Waals surface area contributed by atoms with E-state index >= 15 is 0 Å². The Hall–Kier alpha value is -0.150. The summed E-state index contributed by atoms with van der Waals surface area (Å²) in [6, 6.07) is 0.329. The molecule has 0 saturated carbocycles. The number of ketones is 1. The highest BCUT2D eigenvalue weighted by Gasteiger charge is 2.26. The number of Topliss-reactive ketones (excluding diaryl/α,β-unsaturated/α-hetero) is 1. The van der Waals surface area contributed by atoms with Crippen molar-refractivity contribution < 1.29 is 4.79 Å². The number of hydrogen-bond acceptors (Lipinski definition) is 2. The molecule has 0 aliphatic heterocycles. The Morgan fingerprint density at radius 3 is 2.00 bits per heavy atom. The van der Waals surface area contributed by atoms with Crippen LogP contribution in [0, 0.1) is 11.8 Å². The lowest BCUT2D eigenvalue weighted by molar-refractivity contribution is -0.125. The molecule has 17 heavy (non-hydrogen) atoms. The molecule has 0 amide bonds. The maximum Gasteiger partial charge on any atom is 0.152 e. The molecule has 0 rings (SSSR count). The Kier molecular flexibility index (Phi) is 10.0. The van der Waals surface area contributed by atoms with E-state index in [1.165, 1.54) is 0 Å². The largest absolute Gasteiger partial charge is 0.305 e. The zero-order chi connectivity index (χ0) is 12.9. The van der Waals surface area contributed by atoms with E-state index in [4.69, 9.17) is 0 Å². The first-order chi connectivity index (χ1) is 7.25. The van der Waals surface area contributed by atoms with Crippen molar-refractivity contribution in [1.29, 1.82) is 0 Å². The predicted molar refractivity (Wildman–Crippen MR) is 83.3 cm³/mol. The van der Waals surface area contributed by atoms with Gasteiger partial charge >= 0.3 is 0 Å². The molecular weight excluding hydrogens is 230 g/mol. The molecule has 3 atom stereocenters. The van der Waals surface area contributed by atoms with Gasteiger partial charge in [-0.15, -0.1) is 0 Å². The molecule has 104 valence electrons. The van der Waals surface area contributed by atoms with E-state index in [2.05, 4.69) is 38.2 Å². The van der Waals surface area contributed by atoms with Gasteiger partial charge in [0.2, 0.25) is 0 Å². The summed E-state index contributed by atoms with van der Waals surface area (Å²) in [7, 11) is 0.147. The van der Waals surface area contributed by atoms with Crippen LogP contribution in [0.3, 0.4) is 0 Å². The van der Waals surface area contributed by atoms with E-state index in [1.54, 1.807) is 0 Å². The minimum absolute atomic E-state index is 0. The fraction of sp³-hybridized carbons (Fsp3) is 0.857. The number of carbonyl (C=O) groups excluding carboxylic acids is 1. The predicted octanol–water partition coefficient (Wildman–Crippen LogP) is 3.18. The highest BCUT2D eigenvalue weighted by Crippen LogP contribution is 2.17. The van der Waals surface area contributed by atoms with Gasteiger partial charge in [0.15, 0.2) is 5.78 Å². The summed E-state index contributed by atoms with van der Waals surface area (Å²) in [5.41, 5.74) is 0. The molecule has 0 aliphatic rings. The molecule has 2 nitrogen and oxygen atoms in total. The summed E-state index contributed by atoms with van der Waals surface area (Å²) in [6.07, 6.45) is 2.13. The third kappa shape index (κ3) is 7.72. The molecule has 0 bridgehead atoms. The standard InChI is InChI=1S/C13H27NOS.CH4/c1-9(2)13(15)12(14-10(3)4)11(5)8-16(6)7;/h9-12,14H,6,8H2,1-5,7H3;1H4. The van der Waals surface area contributed by atoms with Crippen molar-refractivity contribution in [3.63, 3.8) is 0 Å². The van der Waals surface area contributed by atoms with Gasteiger partial charge in [0, 0.05) is 12.0 Å². The third-order valence-electron chi connectivity index (χ3n) is 2.50. The number of rotatable bonds is 7. The maximum absolute atomic E-state index is 12.1. The van der Waals surface area contributed by atoms with Crippen molar-refractivity contribution in [2.24, 2.45) is 11.8 Å². The topological polar surface area (TPSA) is 29.1 Å². The van der Waals surface area contributed by atoms with Crippen LogP contribution in [-0.4, -0.2) is 35.7 Å². The Bertz CT molecular complexity index is 249. The number of nitrogens with one attached hydrogen (secondary N) is 1. The zero-order valence-electron chi connectivity index (χ0n) is 11.5. The molecule has 0 aromatic heterocycles. The summed E-state index contributed by atoms with van der Waals surface area (Å²) in [6.45, 7) is 10.3. The lowest BCUT2D eigenvalue weighted by atomic mass is 9.92. The van der Waals surface area contributed by atoms with Crippen LogP contribution in [0.1, 0.15) is 42.0 Å². The SMILES string of the molecule is C.C=S(C)CC(C)C(NC(C)C)C(=O)C(C)C. The number of carbonyl (C=O) groups is 1. The fourth-order valence-electron chi connectivity index (χ4n) is 1.79. The Morgan fingerprint density at radius 2 is 1.71 bits per heavy atom. The van der Waals surface area contributed by atoms with Crippen LogP contribution < -0.4 is 5.32 Å². The first-order valence-corrected chi connectivity index (χ1v) is 7.94. The molecule has 0 radical (unpaired) electrons. The second kappa shape index (κ2) is 8.87. The van der Waals surface area contributed by atoms with E-state index in [9.17, 15) is 4.79 Å². The van der Waals surface area contributed by atoms with E-state index in [0.29, 0.717) is 17.7 Å². The molecule has 0 aromatic carbocycles. The van der Waals surface area contributed by atoms with Gasteiger partial charge in [0.05, 0.1) is 6.04 Å². The van der Waals surface area contributed by atoms with Gasteiger partial charge in [0.1, 0.15) is 0 Å². The first kappa shape index (κ1) is 19.2. The fourth-order valence-corrected chi connectivity index (χ4v) is 2.88. The van der Waals surface area contributed by atoms with Crippen LogP contribution in [0.15, 0.2) is 0 Å². The van der Waals surface area contributed by atoms with Gasteiger partial charge in [0.25, 0.3) is 0 Å². The lowest BCUT2D eigenvalue weighted by Crippen LogP contribution is -2.47. The van der Waals surface area contributed by atoms with Crippen LogP contribution in [0.4, 0.5) is 0 Å². The highest BCUT2D eigenvalue weighted by molar-refractivity contribution is 8.13. The van der Waals surface area contributed by atoms with Crippen molar-refractivity contribution in [3.05, 3.63) is 0 Å². The van der Waals surface area contributed by atoms with Crippen molar-refractivity contribution in [3.8, 4) is 0 Å². The summed E-state index contributed by atoms with van der Waals surface area (Å²) >= 11 is 0. The third-order valence-corrected chi connectivity index (χ3v) is 3.60. The summed E-state index contributed by atoms with van der Waals surface area (Å²) in [4.78, 5) is 12.1. The molecule has 3 unspecified atom stereocenters. The Labute approximate surface area is 110 Å². The van der Waals surface area contributed by atoms with E-state index in [-0.39, 0.29) is 29.9 Å². The normalized spacial score (nSPS) is 16.5. The lowest BCUT2D eigenvalue weighted by Gasteiger charge is -2.27. The van der Waals surface area contributed by atoms with Crippen LogP contribution in [-0.2, 0) is 4.79 Å². The Morgan fingerprint density at radius 1 is 1.24 bits per heavy atom. The van der Waals surface area contributed by atoms with E-state index in [0.717, 1.165) is 5.75 Å². The van der Waals surface area contributed by atoms with Gasteiger partial charge in [-0.3, -0.25) is 4.79 Å². The minimum Gasteiger partial charge on any atom is -0.305 e. The van der Waals surface area contributed by atoms with Crippen LogP contribution in [0.2, 0.25) is 0 Å². The summed E-state index contributed by atoms with van der Waals surface area (Å²) < 4.78 is 0. The van der Waals surface area contributed by atoms with Crippen LogP contribution >= 0.6 is 10.5 Å². The molecule has 0 saturated heterocycles. The van der Waals surface area contributed by atoms with Gasteiger partial charge in [-0.05, 0) is 17.9 Å². The smallest absolute Gasteiger partial charge is 0.152 e. The summed E-state index contributed by atoms with van der Waals surface area (Å²) in [5.74, 6) is 5.84. The van der Waals surface area contributed by atoms with Crippen molar-refractivity contribution in [1.82, 2.24) is 5.32 Å². The second-order valence-corrected chi connectivity index (χ2v) is 7.18. The molecule has 0 aliphatic carbocycles. The molecule has 0 heterocycles. The average Bonchev–Trinajstić information content (AvgIpc) is 2.11. The maximum atomic E-state index is 12.1. The quantitative estimate of drug-likeness (QED) is 0.713. The molecular formula is C14H31NOS. The van der Waals surface area contributed by atoms with E-state index in [1.807, 2.05) is 13.8 Å². The monoisotopic (exact) mass is 261 g/mol. The molecule has 0 aromatic rings. The van der Waals surface area contributed by atoms with Gasteiger partial charge in [-0.1, -0.05) is 47.9 Å².